The van der Waals surface area contributed by atoms with Crippen molar-refractivity contribution < 1.29 is 29.3 Å². The molecular formula is C42H66O6. The summed E-state index contributed by atoms with van der Waals surface area (Å²) < 4.78 is 10.6. The highest BCUT2D eigenvalue weighted by Gasteiger charge is 2.59. The Kier molecular flexibility index (Phi) is 12.0. The Balaban J connectivity index is 1.37. The first-order valence-electron chi connectivity index (χ1n) is 18.7. The molecular weight excluding hydrogens is 600 g/mol. The molecule has 0 unspecified atom stereocenters. The second-order valence-electron chi connectivity index (χ2n) is 17.1. The van der Waals surface area contributed by atoms with E-state index in [0.29, 0.717) is 12.8 Å². The average Bonchev–Trinajstić information content (AvgIpc) is 3.04. The summed E-state index contributed by atoms with van der Waals surface area (Å²) in [6.07, 6.45) is 15.4. The first-order chi connectivity index (χ1) is 22.5. The number of fused-ring (bicyclic) bond motifs is 2. The lowest BCUT2D eigenvalue weighted by Gasteiger charge is -2.57. The SMILES string of the molecule is C=C1CC[C@@H]2[C@](C)(CCC[C@]2(C)C(=O)OC)[C@H]1C[C@@H](O)/C(C)=C/CC/C=C(\C)[C@H](O)C[C@H]1C(=C)CC[C@@H]2[C@]1(C)CCC[C@]2(C)C(=O)OC. The molecule has 4 aliphatic carbocycles. The lowest BCUT2D eigenvalue weighted by molar-refractivity contribution is -0.168. The monoisotopic (exact) mass is 666 g/mol. The number of methoxy groups -OCH3 is 2. The third kappa shape index (κ3) is 7.04. The van der Waals surface area contributed by atoms with Gasteiger partial charge in [0.15, 0.2) is 0 Å². The van der Waals surface area contributed by atoms with E-state index in [1.165, 1.54) is 25.4 Å². The van der Waals surface area contributed by atoms with Gasteiger partial charge in [-0.2, -0.15) is 0 Å². The molecule has 0 bridgehead atoms. The van der Waals surface area contributed by atoms with Gasteiger partial charge in [-0.1, -0.05) is 63.1 Å². The van der Waals surface area contributed by atoms with E-state index in [1.807, 2.05) is 13.8 Å². The Hall–Kier alpha value is -2.18. The number of hydrogen-bond acceptors (Lipinski definition) is 6. The van der Waals surface area contributed by atoms with Crippen LogP contribution in [0, 0.1) is 45.3 Å². The zero-order chi connectivity index (χ0) is 35.7. The van der Waals surface area contributed by atoms with Crippen molar-refractivity contribution >= 4 is 11.9 Å². The minimum atomic E-state index is -0.568. The summed E-state index contributed by atoms with van der Waals surface area (Å²) in [6, 6.07) is 0. The smallest absolute Gasteiger partial charge is 0.311 e. The van der Waals surface area contributed by atoms with Crippen LogP contribution >= 0.6 is 0 Å². The van der Waals surface area contributed by atoms with Crippen LogP contribution in [0.5, 0.6) is 0 Å². The van der Waals surface area contributed by atoms with Crippen molar-refractivity contribution in [2.24, 2.45) is 45.3 Å². The average molecular weight is 667 g/mol. The summed E-state index contributed by atoms with van der Waals surface area (Å²) in [7, 11) is 2.99. The highest BCUT2D eigenvalue weighted by Crippen LogP contribution is 2.63. The quantitative estimate of drug-likeness (QED) is 0.130. The third-order valence-corrected chi connectivity index (χ3v) is 14.4. The largest absolute Gasteiger partial charge is 0.469 e. The van der Waals surface area contributed by atoms with Gasteiger partial charge in [0.05, 0.1) is 37.3 Å². The van der Waals surface area contributed by atoms with E-state index < -0.39 is 23.0 Å². The first kappa shape index (κ1) is 38.6. The number of carbonyl (C=O) groups is 2. The standard InChI is InChI=1S/C42H66O6/c1-27-17-19-35-39(5,21-13-23-41(35,7)37(45)47-9)31(27)25-33(43)29(3)15-11-12-16-30(4)34(44)26-32-28(2)18-20-36-40(32,6)22-14-24-42(36,8)38(46)48-10/h15-16,31-36,43-44H,1-2,11-14,17-26H2,3-10H3/b29-15+,30-16+/t31-,32-,33+,34+,35+,36+,39+,40+,41-,42-/m0/s1. The molecule has 0 saturated heterocycles. The van der Waals surface area contributed by atoms with Crippen LogP contribution in [0.15, 0.2) is 47.6 Å². The van der Waals surface area contributed by atoms with Crippen LogP contribution in [-0.2, 0) is 19.1 Å². The number of unbranched alkanes of at least 4 members (excludes halogenated alkanes) is 1. The van der Waals surface area contributed by atoms with E-state index in [9.17, 15) is 19.8 Å². The van der Waals surface area contributed by atoms with Crippen LogP contribution < -0.4 is 0 Å². The topological polar surface area (TPSA) is 93.1 Å². The minimum absolute atomic E-state index is 0.0932. The molecule has 0 amide bonds. The lowest BCUT2D eigenvalue weighted by atomic mass is 9.46. The maximum absolute atomic E-state index is 12.9. The molecule has 0 aromatic carbocycles. The van der Waals surface area contributed by atoms with Gasteiger partial charge in [0.25, 0.3) is 0 Å². The van der Waals surface area contributed by atoms with E-state index in [2.05, 4.69) is 53.0 Å². The summed E-state index contributed by atoms with van der Waals surface area (Å²) in [5, 5.41) is 22.8. The van der Waals surface area contributed by atoms with Crippen molar-refractivity contribution in [2.75, 3.05) is 14.2 Å². The van der Waals surface area contributed by atoms with Crippen LogP contribution in [0.4, 0.5) is 0 Å². The number of aliphatic hydroxyl groups is 2. The van der Waals surface area contributed by atoms with Gasteiger partial charge in [-0.25, -0.2) is 0 Å². The maximum atomic E-state index is 12.9. The van der Waals surface area contributed by atoms with Gasteiger partial charge in [0, 0.05) is 0 Å². The van der Waals surface area contributed by atoms with Crippen molar-refractivity contribution in [3.63, 3.8) is 0 Å². The minimum Gasteiger partial charge on any atom is -0.469 e. The summed E-state index contributed by atoms with van der Waals surface area (Å²) in [4.78, 5) is 25.9. The van der Waals surface area contributed by atoms with E-state index in [1.54, 1.807) is 0 Å². The molecule has 48 heavy (non-hydrogen) atoms. The van der Waals surface area contributed by atoms with Crippen LogP contribution in [-0.4, -0.2) is 48.6 Å². The highest BCUT2D eigenvalue weighted by molar-refractivity contribution is 5.77. The van der Waals surface area contributed by atoms with Crippen LogP contribution in [0.25, 0.3) is 0 Å². The Morgan fingerprint density at radius 3 is 1.42 bits per heavy atom. The number of allylic oxidation sites excluding steroid dienone is 4. The molecule has 0 aromatic rings. The number of aliphatic hydroxyl groups excluding tert-OH is 2. The second-order valence-corrected chi connectivity index (χ2v) is 17.1. The van der Waals surface area contributed by atoms with Crippen molar-refractivity contribution in [2.45, 2.75) is 144 Å². The van der Waals surface area contributed by atoms with Gasteiger partial charge in [-0.3, -0.25) is 9.59 Å². The highest BCUT2D eigenvalue weighted by atomic mass is 16.5. The Morgan fingerprint density at radius 1 is 0.729 bits per heavy atom. The number of carbonyl (C=O) groups excluding carboxylic acids is 2. The summed E-state index contributed by atoms with van der Waals surface area (Å²) >= 11 is 0. The van der Waals surface area contributed by atoms with Crippen molar-refractivity contribution in [3.05, 3.63) is 47.6 Å². The van der Waals surface area contributed by atoms with Crippen molar-refractivity contribution in [1.29, 1.82) is 0 Å². The zero-order valence-corrected chi connectivity index (χ0v) is 31.5. The lowest BCUT2D eigenvalue weighted by Crippen LogP contribution is -2.54. The van der Waals surface area contributed by atoms with Gasteiger partial charge in [-0.15, -0.1) is 0 Å². The molecule has 4 aliphatic rings. The predicted octanol–water partition coefficient (Wildman–Crippen LogP) is 9.07. The molecule has 10 atom stereocenters. The molecule has 4 saturated carbocycles. The Labute approximate surface area is 291 Å². The molecule has 2 N–H and O–H groups in total. The zero-order valence-electron chi connectivity index (χ0n) is 31.5. The maximum Gasteiger partial charge on any atom is 0.311 e. The number of rotatable bonds is 11. The molecule has 6 heteroatoms. The predicted molar refractivity (Wildman–Crippen MR) is 193 cm³/mol. The fourth-order valence-corrected chi connectivity index (χ4v) is 11.4. The molecule has 0 spiro atoms. The number of hydrogen-bond donors (Lipinski definition) is 2. The van der Waals surface area contributed by atoms with E-state index in [-0.39, 0.29) is 46.4 Å². The molecule has 6 nitrogen and oxygen atoms in total. The fourth-order valence-electron chi connectivity index (χ4n) is 11.4. The van der Waals surface area contributed by atoms with Crippen molar-refractivity contribution in [3.8, 4) is 0 Å². The van der Waals surface area contributed by atoms with Crippen LogP contribution in [0.2, 0.25) is 0 Å². The second kappa shape index (κ2) is 15.0. The summed E-state index contributed by atoms with van der Waals surface area (Å²) in [6.45, 7) is 21.7. The van der Waals surface area contributed by atoms with Gasteiger partial charge >= 0.3 is 11.9 Å². The summed E-state index contributed by atoms with van der Waals surface area (Å²) in [5.41, 5.74) is 3.17. The third-order valence-electron chi connectivity index (χ3n) is 14.4. The Morgan fingerprint density at radius 2 is 1.08 bits per heavy atom. The molecule has 0 aliphatic heterocycles. The number of ether oxygens (including phenoxy) is 2. The van der Waals surface area contributed by atoms with Crippen LogP contribution in [0.1, 0.15) is 131 Å². The molecule has 4 rings (SSSR count). The van der Waals surface area contributed by atoms with E-state index >= 15 is 0 Å². The normalized spacial score (nSPS) is 38.8. The van der Waals surface area contributed by atoms with Gasteiger partial charge in [0.2, 0.25) is 0 Å². The van der Waals surface area contributed by atoms with Gasteiger partial charge < -0.3 is 19.7 Å². The Bertz CT molecular complexity index is 1200. The molecule has 4 fully saturated rings. The molecule has 0 aromatic heterocycles. The molecule has 0 heterocycles. The fraction of sp³-hybridized carbons (Fsp3) is 0.762. The summed E-state index contributed by atoms with van der Waals surface area (Å²) in [5.74, 6) is 0.531. The first-order valence-corrected chi connectivity index (χ1v) is 18.7. The molecule has 270 valence electrons. The van der Waals surface area contributed by atoms with E-state index in [4.69, 9.17) is 9.47 Å². The molecule has 0 radical (unpaired) electrons. The van der Waals surface area contributed by atoms with Gasteiger partial charge in [-0.05, 0) is 150 Å². The van der Waals surface area contributed by atoms with E-state index in [0.717, 1.165) is 88.2 Å². The van der Waals surface area contributed by atoms with Crippen molar-refractivity contribution in [1.82, 2.24) is 0 Å². The van der Waals surface area contributed by atoms with Crippen LogP contribution in [0.3, 0.4) is 0 Å². The van der Waals surface area contributed by atoms with Gasteiger partial charge in [0.1, 0.15) is 0 Å². The number of esters is 2.